The fourth-order valence-electron chi connectivity index (χ4n) is 2.29. The van der Waals surface area contributed by atoms with E-state index in [4.69, 9.17) is 0 Å². The van der Waals surface area contributed by atoms with Crippen LogP contribution >= 0.6 is 0 Å². The van der Waals surface area contributed by atoms with E-state index >= 15 is 0 Å². The lowest BCUT2D eigenvalue weighted by Crippen LogP contribution is -2.41. The summed E-state index contributed by atoms with van der Waals surface area (Å²) in [4.78, 5) is 2.59. The van der Waals surface area contributed by atoms with E-state index in [2.05, 4.69) is 51.9 Å². The highest BCUT2D eigenvalue weighted by Crippen LogP contribution is 2.21. The minimum absolute atomic E-state index is 0.360. The Morgan fingerprint density at radius 3 is 1.81 bits per heavy atom. The van der Waals surface area contributed by atoms with Crippen molar-refractivity contribution in [2.45, 2.75) is 59.9 Å². The molecule has 98 valence electrons. The highest BCUT2D eigenvalue weighted by Gasteiger charge is 2.22. The molecule has 2 heteroatoms. The standard InChI is InChI=1S/C14H32N2/c1-7-10-16(11-8-2)12-9-13(15-6)14(3,4)5/h13,15H,7-12H2,1-6H3. The van der Waals surface area contributed by atoms with Gasteiger partial charge in [-0.15, -0.1) is 0 Å². The van der Waals surface area contributed by atoms with Crippen molar-refractivity contribution < 1.29 is 0 Å². The highest BCUT2D eigenvalue weighted by molar-refractivity contribution is 4.80. The van der Waals surface area contributed by atoms with Crippen LogP contribution in [0.2, 0.25) is 0 Å². The molecule has 0 aromatic carbocycles. The molecule has 1 unspecified atom stereocenters. The zero-order valence-electron chi connectivity index (χ0n) is 12.3. The molecule has 0 spiro atoms. The predicted molar refractivity (Wildman–Crippen MR) is 73.9 cm³/mol. The van der Waals surface area contributed by atoms with Gasteiger partial charge in [-0.05, 0) is 51.4 Å². The monoisotopic (exact) mass is 228 g/mol. The molecule has 0 amide bonds. The second-order valence-electron chi connectivity index (χ2n) is 5.84. The number of nitrogens with zero attached hydrogens (tertiary/aromatic N) is 1. The van der Waals surface area contributed by atoms with E-state index in [-0.39, 0.29) is 0 Å². The molecule has 1 N–H and O–H groups in total. The summed E-state index contributed by atoms with van der Waals surface area (Å²) < 4.78 is 0. The van der Waals surface area contributed by atoms with Gasteiger partial charge in [0.05, 0.1) is 0 Å². The number of hydrogen-bond donors (Lipinski definition) is 1. The van der Waals surface area contributed by atoms with E-state index < -0.39 is 0 Å². The molecule has 0 aliphatic heterocycles. The van der Waals surface area contributed by atoms with E-state index in [0.717, 1.165) is 0 Å². The van der Waals surface area contributed by atoms with Gasteiger partial charge in [-0.1, -0.05) is 34.6 Å². The molecule has 0 rings (SSSR count). The van der Waals surface area contributed by atoms with Crippen molar-refractivity contribution in [3.05, 3.63) is 0 Å². The fourth-order valence-corrected chi connectivity index (χ4v) is 2.29. The first-order valence-electron chi connectivity index (χ1n) is 6.85. The molecular weight excluding hydrogens is 196 g/mol. The fraction of sp³-hybridized carbons (Fsp3) is 1.00. The Morgan fingerprint density at radius 1 is 1.00 bits per heavy atom. The molecule has 0 saturated heterocycles. The van der Waals surface area contributed by atoms with Crippen LogP contribution in [-0.2, 0) is 0 Å². The van der Waals surface area contributed by atoms with Crippen LogP contribution in [0.25, 0.3) is 0 Å². The molecule has 0 heterocycles. The third-order valence-electron chi connectivity index (χ3n) is 3.21. The van der Waals surface area contributed by atoms with Crippen LogP contribution < -0.4 is 5.32 Å². The minimum atomic E-state index is 0.360. The van der Waals surface area contributed by atoms with E-state index in [1.807, 2.05) is 0 Å². The molecule has 2 nitrogen and oxygen atoms in total. The van der Waals surface area contributed by atoms with Crippen molar-refractivity contribution in [3.63, 3.8) is 0 Å². The van der Waals surface area contributed by atoms with Gasteiger partial charge in [0.2, 0.25) is 0 Å². The maximum absolute atomic E-state index is 3.45. The maximum Gasteiger partial charge on any atom is 0.0125 e. The Morgan fingerprint density at radius 2 is 1.50 bits per heavy atom. The Bertz CT molecular complexity index is 155. The van der Waals surface area contributed by atoms with Crippen LogP contribution in [0.1, 0.15) is 53.9 Å². The van der Waals surface area contributed by atoms with E-state index in [9.17, 15) is 0 Å². The lowest BCUT2D eigenvalue weighted by Gasteiger charge is -2.32. The first-order chi connectivity index (χ1) is 7.45. The average molecular weight is 228 g/mol. The van der Waals surface area contributed by atoms with Crippen molar-refractivity contribution in [2.24, 2.45) is 5.41 Å². The summed E-state index contributed by atoms with van der Waals surface area (Å²) in [6.07, 6.45) is 3.78. The summed E-state index contributed by atoms with van der Waals surface area (Å²) in [5.41, 5.74) is 0.360. The zero-order chi connectivity index (χ0) is 12.6. The van der Waals surface area contributed by atoms with E-state index in [1.165, 1.54) is 38.9 Å². The van der Waals surface area contributed by atoms with Crippen molar-refractivity contribution in [3.8, 4) is 0 Å². The Labute approximate surface area is 103 Å². The second kappa shape index (κ2) is 8.08. The van der Waals surface area contributed by atoms with Crippen molar-refractivity contribution in [1.29, 1.82) is 0 Å². The molecule has 1 atom stereocenters. The zero-order valence-corrected chi connectivity index (χ0v) is 12.3. The van der Waals surface area contributed by atoms with Crippen molar-refractivity contribution in [2.75, 3.05) is 26.7 Å². The Balaban J connectivity index is 4.05. The van der Waals surface area contributed by atoms with Gasteiger partial charge < -0.3 is 10.2 Å². The predicted octanol–water partition coefficient (Wildman–Crippen LogP) is 3.13. The summed E-state index contributed by atoms with van der Waals surface area (Å²) in [6, 6.07) is 0.615. The van der Waals surface area contributed by atoms with Gasteiger partial charge in [-0.25, -0.2) is 0 Å². The van der Waals surface area contributed by atoms with Gasteiger partial charge in [0.15, 0.2) is 0 Å². The lowest BCUT2D eigenvalue weighted by atomic mass is 9.85. The van der Waals surface area contributed by atoms with E-state index in [1.54, 1.807) is 0 Å². The molecule has 0 fully saturated rings. The summed E-state index contributed by atoms with van der Waals surface area (Å²) in [5.74, 6) is 0. The van der Waals surface area contributed by atoms with Crippen LogP contribution in [0.5, 0.6) is 0 Å². The Hall–Kier alpha value is -0.0800. The first kappa shape index (κ1) is 15.9. The van der Waals surface area contributed by atoms with Crippen LogP contribution in [0.3, 0.4) is 0 Å². The van der Waals surface area contributed by atoms with E-state index in [0.29, 0.717) is 11.5 Å². The van der Waals surface area contributed by atoms with Crippen molar-refractivity contribution >= 4 is 0 Å². The van der Waals surface area contributed by atoms with Gasteiger partial charge in [0.25, 0.3) is 0 Å². The summed E-state index contributed by atoms with van der Waals surface area (Å²) in [5, 5.41) is 3.45. The topological polar surface area (TPSA) is 15.3 Å². The van der Waals surface area contributed by atoms with Gasteiger partial charge in [-0.3, -0.25) is 0 Å². The smallest absolute Gasteiger partial charge is 0.0125 e. The largest absolute Gasteiger partial charge is 0.316 e. The van der Waals surface area contributed by atoms with Crippen LogP contribution in [-0.4, -0.2) is 37.6 Å². The number of nitrogens with one attached hydrogen (secondary N) is 1. The molecule has 16 heavy (non-hydrogen) atoms. The van der Waals surface area contributed by atoms with Crippen LogP contribution in [0, 0.1) is 5.41 Å². The quantitative estimate of drug-likeness (QED) is 0.686. The second-order valence-corrected chi connectivity index (χ2v) is 5.84. The summed E-state index contributed by atoms with van der Waals surface area (Å²) in [6.45, 7) is 15.2. The SMILES string of the molecule is CCCN(CCC)CCC(NC)C(C)(C)C. The van der Waals surface area contributed by atoms with Crippen molar-refractivity contribution in [1.82, 2.24) is 10.2 Å². The molecule has 0 bridgehead atoms. The Kier molecular flexibility index (Phi) is 8.04. The molecule has 0 aromatic heterocycles. The molecule has 0 aliphatic rings. The maximum atomic E-state index is 3.45. The molecule has 0 aliphatic carbocycles. The average Bonchev–Trinajstić information content (AvgIpc) is 2.17. The molecular formula is C14H32N2. The van der Waals surface area contributed by atoms with Gasteiger partial charge in [0, 0.05) is 6.04 Å². The number of rotatable bonds is 8. The lowest BCUT2D eigenvalue weighted by molar-refractivity contribution is 0.210. The summed E-state index contributed by atoms with van der Waals surface area (Å²) in [7, 11) is 2.08. The first-order valence-corrected chi connectivity index (χ1v) is 6.85. The highest BCUT2D eigenvalue weighted by atomic mass is 15.1. The van der Waals surface area contributed by atoms with Gasteiger partial charge in [-0.2, -0.15) is 0 Å². The minimum Gasteiger partial charge on any atom is -0.316 e. The van der Waals surface area contributed by atoms with Crippen LogP contribution in [0.4, 0.5) is 0 Å². The van der Waals surface area contributed by atoms with Crippen LogP contribution in [0.15, 0.2) is 0 Å². The molecule has 0 radical (unpaired) electrons. The third-order valence-corrected chi connectivity index (χ3v) is 3.21. The van der Waals surface area contributed by atoms with Gasteiger partial charge >= 0.3 is 0 Å². The summed E-state index contributed by atoms with van der Waals surface area (Å²) >= 11 is 0. The van der Waals surface area contributed by atoms with Gasteiger partial charge in [0.1, 0.15) is 0 Å². The third kappa shape index (κ3) is 6.49. The normalized spacial score (nSPS) is 14.4. The molecule has 0 aromatic rings. The molecule has 0 saturated carbocycles. The number of hydrogen-bond acceptors (Lipinski definition) is 2.